The minimum Gasteiger partial charge on any atom is -0.382 e. The molecule has 0 fully saturated rings. The SMILES string of the molecule is CNCCNC(=O)CCCCC(=O)NCCOCCOC. The minimum atomic E-state index is 0.000864. The maximum atomic E-state index is 11.5. The first kappa shape index (κ1) is 19.8. The second kappa shape index (κ2) is 15.2. The number of carbonyl (C=O) groups excluding carboxylic acids is 2. The molecule has 7 nitrogen and oxygen atoms in total. The molecular formula is C14H29N3O4. The summed E-state index contributed by atoms with van der Waals surface area (Å²) in [5.74, 6) is 0.0399. The molecule has 0 aromatic rings. The van der Waals surface area contributed by atoms with Crippen molar-refractivity contribution in [1.29, 1.82) is 0 Å². The topological polar surface area (TPSA) is 88.7 Å². The molecule has 0 unspecified atom stereocenters. The van der Waals surface area contributed by atoms with Gasteiger partial charge in [-0.3, -0.25) is 9.59 Å². The molecular weight excluding hydrogens is 274 g/mol. The molecule has 0 bridgehead atoms. The molecule has 7 heteroatoms. The van der Waals surface area contributed by atoms with Gasteiger partial charge in [-0.1, -0.05) is 0 Å². The third-order valence-corrected chi connectivity index (χ3v) is 2.76. The number of rotatable bonds is 14. The first-order valence-electron chi connectivity index (χ1n) is 7.45. The predicted molar refractivity (Wildman–Crippen MR) is 81.1 cm³/mol. The van der Waals surface area contributed by atoms with Gasteiger partial charge >= 0.3 is 0 Å². The average molecular weight is 303 g/mol. The van der Waals surface area contributed by atoms with Crippen LogP contribution in [-0.2, 0) is 19.1 Å². The summed E-state index contributed by atoms with van der Waals surface area (Å²) in [4.78, 5) is 22.9. The van der Waals surface area contributed by atoms with Crippen molar-refractivity contribution in [3.05, 3.63) is 0 Å². The van der Waals surface area contributed by atoms with E-state index in [9.17, 15) is 9.59 Å². The van der Waals surface area contributed by atoms with Gasteiger partial charge in [0, 0.05) is 39.6 Å². The Morgan fingerprint density at radius 1 is 0.857 bits per heavy atom. The van der Waals surface area contributed by atoms with Crippen LogP contribution in [0.5, 0.6) is 0 Å². The summed E-state index contributed by atoms with van der Waals surface area (Å²) in [5.41, 5.74) is 0. The van der Waals surface area contributed by atoms with Crippen LogP contribution in [0.15, 0.2) is 0 Å². The van der Waals surface area contributed by atoms with Gasteiger partial charge in [-0.2, -0.15) is 0 Å². The largest absolute Gasteiger partial charge is 0.382 e. The molecule has 0 aromatic carbocycles. The standard InChI is InChI=1S/C14H29N3O4/c1-15-7-8-16-13(18)5-3-4-6-14(19)17-9-10-21-12-11-20-2/h15H,3-12H2,1-2H3,(H,16,18)(H,17,19). The molecule has 0 aliphatic rings. The molecule has 3 N–H and O–H groups in total. The Morgan fingerprint density at radius 3 is 2.05 bits per heavy atom. The third kappa shape index (κ3) is 15.0. The molecule has 0 aliphatic heterocycles. The molecule has 2 amide bonds. The van der Waals surface area contributed by atoms with Crippen LogP contribution in [0.1, 0.15) is 25.7 Å². The van der Waals surface area contributed by atoms with E-state index >= 15 is 0 Å². The number of hydrogen-bond acceptors (Lipinski definition) is 5. The van der Waals surface area contributed by atoms with Gasteiger partial charge in [0.15, 0.2) is 0 Å². The van der Waals surface area contributed by atoms with Crippen molar-refractivity contribution in [2.45, 2.75) is 25.7 Å². The highest BCUT2D eigenvalue weighted by Gasteiger charge is 2.03. The zero-order valence-corrected chi connectivity index (χ0v) is 13.2. The van der Waals surface area contributed by atoms with Gasteiger partial charge in [0.2, 0.25) is 11.8 Å². The van der Waals surface area contributed by atoms with Crippen molar-refractivity contribution in [2.24, 2.45) is 0 Å². The summed E-state index contributed by atoms with van der Waals surface area (Å²) >= 11 is 0. The normalized spacial score (nSPS) is 10.4. The Hall–Kier alpha value is -1.18. The van der Waals surface area contributed by atoms with Gasteiger partial charge in [0.25, 0.3) is 0 Å². The second-order valence-corrected chi connectivity index (χ2v) is 4.62. The van der Waals surface area contributed by atoms with Crippen LogP contribution in [0.25, 0.3) is 0 Å². The van der Waals surface area contributed by atoms with E-state index in [0.29, 0.717) is 45.8 Å². The summed E-state index contributed by atoms with van der Waals surface area (Å²) < 4.78 is 10.1. The summed E-state index contributed by atoms with van der Waals surface area (Å²) in [6, 6.07) is 0. The lowest BCUT2D eigenvalue weighted by Gasteiger charge is -2.06. The lowest BCUT2D eigenvalue weighted by Crippen LogP contribution is -2.30. The molecule has 124 valence electrons. The van der Waals surface area contributed by atoms with Crippen molar-refractivity contribution < 1.29 is 19.1 Å². The van der Waals surface area contributed by atoms with Crippen LogP contribution in [0, 0.1) is 0 Å². The number of nitrogens with one attached hydrogen (secondary N) is 3. The average Bonchev–Trinajstić information content (AvgIpc) is 2.47. The Labute approximate surface area is 127 Å². The number of amides is 2. The highest BCUT2D eigenvalue weighted by atomic mass is 16.5. The molecule has 0 atom stereocenters. The Kier molecular flexibility index (Phi) is 14.4. The molecule has 0 aliphatic carbocycles. The molecule has 0 saturated heterocycles. The van der Waals surface area contributed by atoms with Crippen LogP contribution in [0.4, 0.5) is 0 Å². The summed E-state index contributed by atoms with van der Waals surface area (Å²) in [6.45, 7) is 3.49. The van der Waals surface area contributed by atoms with Crippen LogP contribution < -0.4 is 16.0 Å². The first-order valence-corrected chi connectivity index (χ1v) is 7.45. The number of hydrogen-bond donors (Lipinski definition) is 3. The fourth-order valence-corrected chi connectivity index (χ4v) is 1.58. The van der Waals surface area contributed by atoms with Crippen LogP contribution >= 0.6 is 0 Å². The smallest absolute Gasteiger partial charge is 0.220 e. The van der Waals surface area contributed by atoms with Crippen LogP contribution in [0.2, 0.25) is 0 Å². The van der Waals surface area contributed by atoms with E-state index in [1.807, 2.05) is 7.05 Å². The van der Waals surface area contributed by atoms with E-state index in [1.165, 1.54) is 0 Å². The first-order chi connectivity index (χ1) is 10.2. The second-order valence-electron chi connectivity index (χ2n) is 4.62. The molecule has 0 heterocycles. The van der Waals surface area contributed by atoms with Gasteiger partial charge < -0.3 is 25.4 Å². The summed E-state index contributed by atoms with van der Waals surface area (Å²) in [6.07, 6.45) is 2.36. The van der Waals surface area contributed by atoms with E-state index < -0.39 is 0 Å². The number of unbranched alkanes of at least 4 members (excludes halogenated alkanes) is 1. The molecule has 0 spiro atoms. The number of methoxy groups -OCH3 is 1. The van der Waals surface area contributed by atoms with E-state index in [-0.39, 0.29) is 11.8 Å². The van der Waals surface area contributed by atoms with Gasteiger partial charge in [-0.25, -0.2) is 0 Å². The van der Waals surface area contributed by atoms with Crippen molar-refractivity contribution in [3.63, 3.8) is 0 Å². The number of ether oxygens (including phenoxy) is 2. The van der Waals surface area contributed by atoms with Crippen LogP contribution in [-0.4, -0.2) is 65.4 Å². The zero-order chi connectivity index (χ0) is 15.8. The minimum absolute atomic E-state index is 0.000864. The van der Waals surface area contributed by atoms with Gasteiger partial charge in [-0.15, -0.1) is 0 Å². The Balaban J connectivity index is 3.31. The predicted octanol–water partition coefficient (Wildman–Crippen LogP) is -0.338. The molecule has 0 radical (unpaired) electrons. The lowest BCUT2D eigenvalue weighted by atomic mass is 10.2. The third-order valence-electron chi connectivity index (χ3n) is 2.76. The van der Waals surface area contributed by atoms with E-state index in [2.05, 4.69) is 16.0 Å². The summed E-state index contributed by atoms with van der Waals surface area (Å²) in [7, 11) is 3.46. The van der Waals surface area contributed by atoms with Gasteiger partial charge in [0.05, 0.1) is 19.8 Å². The fourth-order valence-electron chi connectivity index (χ4n) is 1.58. The fraction of sp³-hybridized carbons (Fsp3) is 0.857. The Bertz CT molecular complexity index is 275. The van der Waals surface area contributed by atoms with Gasteiger partial charge in [-0.05, 0) is 19.9 Å². The van der Waals surface area contributed by atoms with Crippen molar-refractivity contribution in [2.75, 3.05) is 53.6 Å². The lowest BCUT2D eigenvalue weighted by molar-refractivity contribution is -0.123. The molecule has 0 aromatic heterocycles. The highest BCUT2D eigenvalue weighted by Crippen LogP contribution is 1.99. The Morgan fingerprint density at radius 2 is 1.48 bits per heavy atom. The number of likely N-dealkylation sites (N-methyl/N-ethyl adjacent to an activating group) is 1. The maximum absolute atomic E-state index is 11.5. The van der Waals surface area contributed by atoms with Crippen molar-refractivity contribution in [3.8, 4) is 0 Å². The highest BCUT2D eigenvalue weighted by molar-refractivity contribution is 5.77. The molecule has 0 saturated carbocycles. The number of carbonyl (C=O) groups is 2. The van der Waals surface area contributed by atoms with Crippen molar-refractivity contribution >= 4 is 11.8 Å². The zero-order valence-electron chi connectivity index (χ0n) is 13.2. The van der Waals surface area contributed by atoms with E-state index in [0.717, 1.165) is 19.4 Å². The van der Waals surface area contributed by atoms with E-state index in [1.54, 1.807) is 7.11 Å². The quantitative estimate of drug-likeness (QED) is 0.382. The van der Waals surface area contributed by atoms with Crippen LogP contribution in [0.3, 0.4) is 0 Å². The monoisotopic (exact) mass is 303 g/mol. The molecule has 0 rings (SSSR count). The van der Waals surface area contributed by atoms with E-state index in [4.69, 9.17) is 9.47 Å². The summed E-state index contributed by atoms with van der Waals surface area (Å²) in [5, 5.41) is 8.53. The molecule has 21 heavy (non-hydrogen) atoms. The van der Waals surface area contributed by atoms with Crippen molar-refractivity contribution in [1.82, 2.24) is 16.0 Å². The maximum Gasteiger partial charge on any atom is 0.220 e. The van der Waals surface area contributed by atoms with Gasteiger partial charge in [0.1, 0.15) is 0 Å².